The zero-order valence-corrected chi connectivity index (χ0v) is 11.4. The van der Waals surface area contributed by atoms with Gasteiger partial charge < -0.3 is 5.32 Å². The molecule has 0 radical (unpaired) electrons. The Kier molecular flexibility index (Phi) is 6.01. The van der Waals surface area contributed by atoms with Crippen molar-refractivity contribution in [2.75, 3.05) is 18.1 Å². The molecule has 2 atom stereocenters. The fourth-order valence-corrected chi connectivity index (χ4v) is 4.38. The topological polar surface area (TPSA) is 46.2 Å². The van der Waals surface area contributed by atoms with E-state index in [1.807, 2.05) is 0 Å². The van der Waals surface area contributed by atoms with Gasteiger partial charge in [-0.05, 0) is 38.1 Å². The molecular weight excluding hydrogens is 234 g/mol. The quantitative estimate of drug-likeness (QED) is 0.556. The first-order valence-corrected chi connectivity index (χ1v) is 8.26. The number of unbranched alkanes of at least 4 members (excludes halogenated alkanes) is 1. The molecule has 0 aliphatic carbocycles. The Balaban J connectivity index is 2.36. The van der Waals surface area contributed by atoms with Crippen molar-refractivity contribution < 1.29 is 8.42 Å². The molecule has 1 heterocycles. The van der Waals surface area contributed by atoms with Crippen LogP contribution in [0, 0.1) is 18.3 Å². The van der Waals surface area contributed by atoms with Gasteiger partial charge in [0.05, 0.1) is 11.5 Å². The van der Waals surface area contributed by atoms with Crippen LogP contribution in [0.4, 0.5) is 0 Å². The van der Waals surface area contributed by atoms with Gasteiger partial charge in [0.25, 0.3) is 0 Å². The monoisotopic (exact) mass is 257 g/mol. The molecule has 1 rings (SSSR count). The first-order valence-electron chi connectivity index (χ1n) is 6.44. The van der Waals surface area contributed by atoms with Gasteiger partial charge in [0.2, 0.25) is 0 Å². The Bertz CT molecular complexity index is 356. The van der Waals surface area contributed by atoms with Crippen molar-refractivity contribution in [2.24, 2.45) is 5.92 Å². The van der Waals surface area contributed by atoms with Crippen molar-refractivity contribution in [3.63, 3.8) is 0 Å². The van der Waals surface area contributed by atoms with Gasteiger partial charge in [-0.3, -0.25) is 0 Å². The second-order valence-electron chi connectivity index (χ2n) is 4.86. The maximum absolute atomic E-state index is 11.4. The van der Waals surface area contributed by atoms with Gasteiger partial charge in [-0.2, -0.15) is 0 Å². The van der Waals surface area contributed by atoms with Crippen LogP contribution in [0.2, 0.25) is 0 Å². The summed E-state index contributed by atoms with van der Waals surface area (Å²) in [5, 5.41) is 3.43. The van der Waals surface area contributed by atoms with Gasteiger partial charge in [0.1, 0.15) is 0 Å². The average molecular weight is 257 g/mol. The summed E-state index contributed by atoms with van der Waals surface area (Å²) in [6.45, 7) is 3.01. The molecule has 0 aromatic carbocycles. The van der Waals surface area contributed by atoms with Crippen LogP contribution in [0.5, 0.6) is 0 Å². The van der Waals surface area contributed by atoms with Crippen molar-refractivity contribution in [3.05, 3.63) is 0 Å². The van der Waals surface area contributed by atoms with Gasteiger partial charge in [0, 0.05) is 12.5 Å². The van der Waals surface area contributed by atoms with Crippen LogP contribution in [-0.4, -0.2) is 32.5 Å². The first-order chi connectivity index (χ1) is 8.07. The number of hydrogen-bond acceptors (Lipinski definition) is 3. The molecule has 0 spiro atoms. The molecule has 1 N–H and O–H groups in total. The lowest BCUT2D eigenvalue weighted by Crippen LogP contribution is -2.31. The predicted octanol–water partition coefficient (Wildman–Crippen LogP) is 1.59. The van der Waals surface area contributed by atoms with Crippen molar-refractivity contribution in [3.8, 4) is 12.3 Å². The zero-order chi connectivity index (χ0) is 12.7. The van der Waals surface area contributed by atoms with Gasteiger partial charge in [-0.25, -0.2) is 8.42 Å². The molecule has 1 aliphatic heterocycles. The van der Waals surface area contributed by atoms with Crippen molar-refractivity contribution in [1.82, 2.24) is 5.32 Å². The minimum absolute atomic E-state index is 0.342. The SMILES string of the molecule is C#CCCCC(CC1CCS(=O)(=O)C1)NCC. The maximum atomic E-state index is 11.4. The summed E-state index contributed by atoms with van der Waals surface area (Å²) in [5.74, 6) is 3.75. The summed E-state index contributed by atoms with van der Waals surface area (Å²) in [5.41, 5.74) is 0. The van der Waals surface area contributed by atoms with E-state index < -0.39 is 9.84 Å². The summed E-state index contributed by atoms with van der Waals surface area (Å²) in [4.78, 5) is 0. The Labute approximate surface area is 105 Å². The van der Waals surface area contributed by atoms with Gasteiger partial charge in [0.15, 0.2) is 9.84 Å². The third kappa shape index (κ3) is 5.56. The molecular formula is C13H23NO2S. The highest BCUT2D eigenvalue weighted by Crippen LogP contribution is 2.24. The number of hydrogen-bond donors (Lipinski definition) is 1. The standard InChI is InChI=1S/C13H23NO2S/c1-3-5-6-7-13(14-4-2)10-12-8-9-17(15,16)11-12/h1,12-14H,4-11H2,2H3. The number of nitrogens with one attached hydrogen (secondary N) is 1. The van der Waals surface area contributed by atoms with Crippen LogP contribution in [0.3, 0.4) is 0 Å². The maximum Gasteiger partial charge on any atom is 0.150 e. The summed E-state index contributed by atoms with van der Waals surface area (Å²) in [6, 6.07) is 0.423. The van der Waals surface area contributed by atoms with Crippen LogP contribution in [0.15, 0.2) is 0 Å². The van der Waals surface area contributed by atoms with Crippen LogP contribution < -0.4 is 5.32 Å². The average Bonchev–Trinajstić information content (AvgIpc) is 2.59. The molecule has 2 unspecified atom stereocenters. The van der Waals surface area contributed by atoms with E-state index >= 15 is 0 Å². The lowest BCUT2D eigenvalue weighted by Gasteiger charge is -2.20. The Morgan fingerprint density at radius 1 is 1.53 bits per heavy atom. The number of rotatable bonds is 7. The fraction of sp³-hybridized carbons (Fsp3) is 0.846. The number of sulfone groups is 1. The van der Waals surface area contributed by atoms with Crippen LogP contribution in [-0.2, 0) is 9.84 Å². The van der Waals surface area contributed by atoms with Gasteiger partial charge >= 0.3 is 0 Å². The van der Waals surface area contributed by atoms with Crippen molar-refractivity contribution in [2.45, 2.75) is 45.1 Å². The van der Waals surface area contributed by atoms with Gasteiger partial charge in [-0.15, -0.1) is 12.3 Å². The Morgan fingerprint density at radius 3 is 2.82 bits per heavy atom. The minimum atomic E-state index is -2.74. The van der Waals surface area contributed by atoms with E-state index in [4.69, 9.17) is 6.42 Å². The van der Waals surface area contributed by atoms with E-state index in [1.54, 1.807) is 0 Å². The number of terminal acetylenes is 1. The molecule has 0 amide bonds. The normalized spacial score (nSPS) is 24.4. The molecule has 0 aromatic heterocycles. The molecule has 0 bridgehead atoms. The van der Waals surface area contributed by atoms with E-state index in [0.29, 0.717) is 23.5 Å². The van der Waals surface area contributed by atoms with E-state index in [9.17, 15) is 8.42 Å². The first kappa shape index (κ1) is 14.5. The van der Waals surface area contributed by atoms with Crippen LogP contribution in [0.1, 0.15) is 39.0 Å². The smallest absolute Gasteiger partial charge is 0.150 e. The molecule has 1 fully saturated rings. The molecule has 4 heteroatoms. The summed E-state index contributed by atoms with van der Waals surface area (Å²) < 4.78 is 22.8. The highest BCUT2D eigenvalue weighted by Gasteiger charge is 2.29. The predicted molar refractivity (Wildman–Crippen MR) is 71.5 cm³/mol. The summed E-state index contributed by atoms with van der Waals surface area (Å²) in [6.07, 6.45) is 9.92. The van der Waals surface area contributed by atoms with Crippen LogP contribution in [0.25, 0.3) is 0 Å². The third-order valence-electron chi connectivity index (χ3n) is 3.31. The molecule has 3 nitrogen and oxygen atoms in total. The summed E-state index contributed by atoms with van der Waals surface area (Å²) in [7, 11) is -2.74. The second kappa shape index (κ2) is 7.03. The third-order valence-corrected chi connectivity index (χ3v) is 5.15. The molecule has 1 saturated heterocycles. The summed E-state index contributed by atoms with van der Waals surface area (Å²) >= 11 is 0. The largest absolute Gasteiger partial charge is 0.314 e. The molecule has 0 aromatic rings. The zero-order valence-electron chi connectivity index (χ0n) is 10.6. The van der Waals surface area contributed by atoms with E-state index in [0.717, 1.165) is 38.6 Å². The Morgan fingerprint density at radius 2 is 2.29 bits per heavy atom. The molecule has 0 saturated carbocycles. The van der Waals surface area contributed by atoms with E-state index in [1.165, 1.54) is 0 Å². The highest BCUT2D eigenvalue weighted by atomic mass is 32.2. The molecule has 17 heavy (non-hydrogen) atoms. The van der Waals surface area contributed by atoms with Gasteiger partial charge in [-0.1, -0.05) is 6.92 Å². The molecule has 1 aliphatic rings. The molecule has 98 valence electrons. The minimum Gasteiger partial charge on any atom is -0.314 e. The highest BCUT2D eigenvalue weighted by molar-refractivity contribution is 7.91. The van der Waals surface area contributed by atoms with Crippen molar-refractivity contribution in [1.29, 1.82) is 0 Å². The fourth-order valence-electron chi connectivity index (χ4n) is 2.50. The van der Waals surface area contributed by atoms with E-state index in [2.05, 4.69) is 18.2 Å². The second-order valence-corrected chi connectivity index (χ2v) is 7.08. The lowest BCUT2D eigenvalue weighted by molar-refractivity contribution is 0.387. The van der Waals surface area contributed by atoms with Crippen LogP contribution >= 0.6 is 0 Å². The van der Waals surface area contributed by atoms with Crippen molar-refractivity contribution >= 4 is 9.84 Å². The van der Waals surface area contributed by atoms with E-state index in [-0.39, 0.29) is 0 Å². The Hall–Kier alpha value is -0.530. The lowest BCUT2D eigenvalue weighted by atomic mass is 9.96.